The van der Waals surface area contributed by atoms with Crippen LogP contribution in [0.2, 0.25) is 5.02 Å². The van der Waals surface area contributed by atoms with Gasteiger partial charge in [0.25, 0.3) is 0 Å². The number of pyridine rings is 2. The van der Waals surface area contributed by atoms with E-state index in [1.54, 1.807) is 6.20 Å². The second kappa shape index (κ2) is 7.38. The predicted octanol–water partition coefficient (Wildman–Crippen LogP) is 4.88. The first kappa shape index (κ1) is 15.7. The van der Waals surface area contributed by atoms with Gasteiger partial charge in [-0.05, 0) is 54.2 Å². The van der Waals surface area contributed by atoms with Crippen LogP contribution in [0.4, 0.5) is 0 Å². The second-order valence-electron chi connectivity index (χ2n) is 5.61. The van der Waals surface area contributed by atoms with Gasteiger partial charge < -0.3 is 0 Å². The Kier molecular flexibility index (Phi) is 5.04. The van der Waals surface area contributed by atoms with Crippen LogP contribution in [0.5, 0.6) is 0 Å². The first-order valence-corrected chi connectivity index (χ1v) is 8.00. The molecule has 0 bridgehead atoms. The molecule has 0 amide bonds. The van der Waals surface area contributed by atoms with E-state index in [1.165, 1.54) is 11.1 Å². The fourth-order valence-electron chi connectivity index (χ4n) is 2.56. The van der Waals surface area contributed by atoms with E-state index in [4.69, 9.17) is 11.6 Å². The molecule has 1 atom stereocenters. The van der Waals surface area contributed by atoms with E-state index >= 15 is 0 Å². The highest BCUT2D eigenvalue weighted by molar-refractivity contribution is 6.31. The van der Waals surface area contributed by atoms with Crippen LogP contribution in [0.25, 0.3) is 0 Å². The van der Waals surface area contributed by atoms with E-state index in [9.17, 15) is 0 Å². The standard InChI is InChI=1S/C20H18ClN2/c1-15(12-19-4-2-3-10-23-19)17-7-5-16(6-8-17)13-18-14-22-11-9-20(18)21/h2-11,14-15H,1,12-13H2. The lowest BCUT2D eigenvalue weighted by Gasteiger charge is -2.12. The Morgan fingerprint density at radius 2 is 1.83 bits per heavy atom. The van der Waals surface area contributed by atoms with E-state index in [-0.39, 0.29) is 5.92 Å². The lowest BCUT2D eigenvalue weighted by atomic mass is 9.94. The van der Waals surface area contributed by atoms with Gasteiger partial charge in [-0.1, -0.05) is 41.9 Å². The van der Waals surface area contributed by atoms with Crippen molar-refractivity contribution in [1.29, 1.82) is 0 Å². The van der Waals surface area contributed by atoms with E-state index in [1.807, 2.05) is 36.7 Å². The minimum atomic E-state index is 0.195. The number of rotatable bonds is 5. The highest BCUT2D eigenvalue weighted by atomic mass is 35.5. The van der Waals surface area contributed by atoms with Crippen molar-refractivity contribution in [2.24, 2.45) is 0 Å². The van der Waals surface area contributed by atoms with Crippen molar-refractivity contribution >= 4 is 11.6 Å². The zero-order chi connectivity index (χ0) is 16.1. The van der Waals surface area contributed by atoms with Gasteiger partial charge in [-0.3, -0.25) is 9.97 Å². The van der Waals surface area contributed by atoms with Crippen molar-refractivity contribution in [3.63, 3.8) is 0 Å². The van der Waals surface area contributed by atoms with Gasteiger partial charge in [-0.15, -0.1) is 0 Å². The maximum atomic E-state index is 6.19. The molecular weight excluding hydrogens is 304 g/mol. The minimum absolute atomic E-state index is 0.195. The summed E-state index contributed by atoms with van der Waals surface area (Å²) in [4.78, 5) is 8.50. The predicted molar refractivity (Wildman–Crippen MR) is 94.5 cm³/mol. The number of benzene rings is 1. The molecule has 1 aromatic carbocycles. The summed E-state index contributed by atoms with van der Waals surface area (Å²) in [5, 5.41) is 0.759. The summed E-state index contributed by atoms with van der Waals surface area (Å²) in [5.74, 6) is 0.195. The number of nitrogens with zero attached hydrogens (tertiary/aromatic N) is 2. The Labute approximate surface area is 142 Å². The van der Waals surface area contributed by atoms with Gasteiger partial charge in [0.2, 0.25) is 0 Å². The molecule has 3 aromatic rings. The lowest BCUT2D eigenvalue weighted by Crippen LogP contribution is -2.01. The van der Waals surface area contributed by atoms with Gasteiger partial charge >= 0.3 is 0 Å². The average molecular weight is 322 g/mol. The van der Waals surface area contributed by atoms with E-state index < -0.39 is 0 Å². The summed E-state index contributed by atoms with van der Waals surface area (Å²) in [7, 11) is 0. The highest BCUT2D eigenvalue weighted by Crippen LogP contribution is 2.22. The fraction of sp³-hybridized carbons (Fsp3) is 0.150. The summed E-state index contributed by atoms with van der Waals surface area (Å²) < 4.78 is 0. The third kappa shape index (κ3) is 4.17. The van der Waals surface area contributed by atoms with Crippen molar-refractivity contribution in [3.8, 4) is 0 Å². The number of hydrogen-bond donors (Lipinski definition) is 0. The molecule has 2 nitrogen and oxygen atoms in total. The van der Waals surface area contributed by atoms with Crippen LogP contribution >= 0.6 is 11.6 Å². The van der Waals surface area contributed by atoms with Gasteiger partial charge in [0, 0.05) is 35.7 Å². The molecule has 0 aliphatic heterocycles. The Hall–Kier alpha value is -2.19. The summed E-state index contributed by atoms with van der Waals surface area (Å²) >= 11 is 6.19. The Balaban J connectivity index is 1.68. The maximum absolute atomic E-state index is 6.19. The van der Waals surface area contributed by atoms with E-state index in [0.717, 1.165) is 29.1 Å². The molecule has 0 aliphatic carbocycles. The average Bonchev–Trinajstić information content (AvgIpc) is 2.58. The molecule has 0 fully saturated rings. The normalized spacial score (nSPS) is 12.1. The van der Waals surface area contributed by atoms with E-state index in [2.05, 4.69) is 41.2 Å². The summed E-state index contributed by atoms with van der Waals surface area (Å²) in [6.45, 7) is 4.26. The topological polar surface area (TPSA) is 25.8 Å². The SMILES string of the molecule is [CH2]C(Cc1ccccn1)c1ccc(Cc2cnccc2Cl)cc1. The Morgan fingerprint density at radius 3 is 2.52 bits per heavy atom. The van der Waals surface area contributed by atoms with Crippen molar-refractivity contribution in [2.75, 3.05) is 0 Å². The largest absolute Gasteiger partial charge is 0.264 e. The third-order valence-electron chi connectivity index (χ3n) is 3.87. The van der Waals surface area contributed by atoms with Gasteiger partial charge in [-0.2, -0.15) is 0 Å². The number of halogens is 1. The van der Waals surface area contributed by atoms with Crippen LogP contribution < -0.4 is 0 Å². The lowest BCUT2D eigenvalue weighted by molar-refractivity contribution is 0.805. The first-order valence-electron chi connectivity index (χ1n) is 7.62. The van der Waals surface area contributed by atoms with Crippen molar-refractivity contribution in [2.45, 2.75) is 18.8 Å². The molecule has 0 aliphatic rings. The van der Waals surface area contributed by atoms with Gasteiger partial charge in [0.05, 0.1) is 0 Å². The van der Waals surface area contributed by atoms with Crippen LogP contribution in [-0.4, -0.2) is 9.97 Å². The molecule has 2 aromatic heterocycles. The fourth-order valence-corrected chi connectivity index (χ4v) is 2.73. The zero-order valence-electron chi connectivity index (χ0n) is 12.8. The van der Waals surface area contributed by atoms with Gasteiger partial charge in [-0.25, -0.2) is 0 Å². The second-order valence-corrected chi connectivity index (χ2v) is 6.01. The van der Waals surface area contributed by atoms with Crippen LogP contribution in [0, 0.1) is 6.92 Å². The Morgan fingerprint density at radius 1 is 1.00 bits per heavy atom. The van der Waals surface area contributed by atoms with Gasteiger partial charge in [0.15, 0.2) is 0 Å². The zero-order valence-corrected chi connectivity index (χ0v) is 13.6. The molecule has 0 N–H and O–H groups in total. The van der Waals surface area contributed by atoms with Crippen molar-refractivity contribution in [3.05, 3.63) is 101 Å². The quantitative estimate of drug-likeness (QED) is 0.669. The van der Waals surface area contributed by atoms with Crippen molar-refractivity contribution in [1.82, 2.24) is 9.97 Å². The molecule has 2 heterocycles. The molecule has 115 valence electrons. The molecule has 23 heavy (non-hydrogen) atoms. The molecule has 3 heteroatoms. The summed E-state index contributed by atoms with van der Waals surface area (Å²) in [5.41, 5.74) is 4.55. The van der Waals surface area contributed by atoms with Gasteiger partial charge in [0.1, 0.15) is 0 Å². The van der Waals surface area contributed by atoms with Crippen LogP contribution in [0.15, 0.2) is 67.1 Å². The molecular formula is C20H18ClN2. The monoisotopic (exact) mass is 321 g/mol. The highest BCUT2D eigenvalue weighted by Gasteiger charge is 2.08. The Bertz CT molecular complexity index is 754. The van der Waals surface area contributed by atoms with Crippen LogP contribution in [0.1, 0.15) is 28.3 Å². The van der Waals surface area contributed by atoms with Crippen LogP contribution in [-0.2, 0) is 12.8 Å². The molecule has 0 saturated carbocycles. The third-order valence-corrected chi connectivity index (χ3v) is 4.24. The number of aromatic nitrogens is 2. The maximum Gasteiger partial charge on any atom is 0.0472 e. The van der Waals surface area contributed by atoms with Crippen LogP contribution in [0.3, 0.4) is 0 Å². The smallest absolute Gasteiger partial charge is 0.0472 e. The van der Waals surface area contributed by atoms with Crippen molar-refractivity contribution < 1.29 is 0 Å². The minimum Gasteiger partial charge on any atom is -0.264 e. The molecule has 1 unspecified atom stereocenters. The molecule has 0 spiro atoms. The summed E-state index contributed by atoms with van der Waals surface area (Å²) in [6.07, 6.45) is 6.98. The molecule has 3 rings (SSSR count). The molecule has 0 saturated heterocycles. The molecule has 1 radical (unpaired) electrons. The number of hydrogen-bond acceptors (Lipinski definition) is 2. The van der Waals surface area contributed by atoms with E-state index in [0.29, 0.717) is 0 Å². The summed E-state index contributed by atoms with van der Waals surface area (Å²) in [6, 6.07) is 16.3. The first-order chi connectivity index (χ1) is 11.2.